The van der Waals surface area contributed by atoms with Gasteiger partial charge in [0.1, 0.15) is 0 Å². The summed E-state index contributed by atoms with van der Waals surface area (Å²) < 4.78 is 0. The third kappa shape index (κ3) is 1.84. The van der Waals surface area contributed by atoms with Crippen LogP contribution in [-0.4, -0.2) is 44.8 Å². The highest BCUT2D eigenvalue weighted by atomic mass is 16.3. The number of rotatable bonds is 2. The van der Waals surface area contributed by atoms with Gasteiger partial charge in [0.05, 0.1) is 24.2 Å². The van der Waals surface area contributed by atoms with Gasteiger partial charge in [-0.25, -0.2) is 0 Å². The molecule has 2 aromatic rings. The Morgan fingerprint density at radius 1 is 1.58 bits per heavy atom. The van der Waals surface area contributed by atoms with E-state index >= 15 is 0 Å². The first-order chi connectivity index (χ1) is 9.02. The molecule has 0 saturated carbocycles. The number of carbonyl (C=O) groups is 1. The number of likely N-dealkylation sites (tertiary alicyclic amines) is 1. The SMILES string of the molecule is CCC1(O)CN(C(=O)c2n[nH]c3ccc(N)cc23)C1. The second-order valence-electron chi connectivity index (χ2n) is 5.12. The van der Waals surface area contributed by atoms with Crippen molar-refractivity contribution in [3.05, 3.63) is 23.9 Å². The topological polar surface area (TPSA) is 95.2 Å². The van der Waals surface area contributed by atoms with Gasteiger partial charge in [0.25, 0.3) is 5.91 Å². The van der Waals surface area contributed by atoms with Crippen molar-refractivity contribution in [3.8, 4) is 0 Å². The van der Waals surface area contributed by atoms with Crippen LogP contribution >= 0.6 is 0 Å². The van der Waals surface area contributed by atoms with Crippen LogP contribution in [0.4, 0.5) is 5.69 Å². The largest absolute Gasteiger partial charge is 0.399 e. The van der Waals surface area contributed by atoms with Crippen LogP contribution in [0.3, 0.4) is 0 Å². The number of aromatic amines is 1. The van der Waals surface area contributed by atoms with Crippen molar-refractivity contribution in [2.75, 3.05) is 18.8 Å². The van der Waals surface area contributed by atoms with Crippen molar-refractivity contribution >= 4 is 22.5 Å². The number of H-pyrrole nitrogens is 1. The van der Waals surface area contributed by atoms with Gasteiger partial charge in [-0.15, -0.1) is 0 Å². The lowest BCUT2D eigenvalue weighted by atomic mass is 9.91. The maximum absolute atomic E-state index is 12.3. The number of anilines is 1. The molecule has 6 heteroatoms. The van der Waals surface area contributed by atoms with Crippen molar-refractivity contribution in [3.63, 3.8) is 0 Å². The molecule has 4 N–H and O–H groups in total. The molecule has 19 heavy (non-hydrogen) atoms. The Bertz CT molecular complexity index is 643. The van der Waals surface area contributed by atoms with Gasteiger partial charge >= 0.3 is 0 Å². The second kappa shape index (κ2) is 3.96. The highest BCUT2D eigenvalue weighted by molar-refractivity contribution is 6.05. The number of nitrogens with one attached hydrogen (secondary N) is 1. The predicted molar refractivity (Wildman–Crippen MR) is 71.7 cm³/mol. The Hall–Kier alpha value is -2.08. The van der Waals surface area contributed by atoms with Crippen LogP contribution in [0, 0.1) is 0 Å². The van der Waals surface area contributed by atoms with Crippen LogP contribution in [0.1, 0.15) is 23.8 Å². The van der Waals surface area contributed by atoms with Gasteiger partial charge < -0.3 is 15.7 Å². The van der Waals surface area contributed by atoms with Gasteiger partial charge in [0, 0.05) is 11.1 Å². The lowest BCUT2D eigenvalue weighted by molar-refractivity contribution is -0.0827. The van der Waals surface area contributed by atoms with E-state index in [1.54, 1.807) is 23.1 Å². The molecule has 0 unspecified atom stereocenters. The maximum atomic E-state index is 12.3. The van der Waals surface area contributed by atoms with Crippen LogP contribution in [0.25, 0.3) is 10.9 Å². The molecule has 0 atom stereocenters. The molecule has 1 aromatic carbocycles. The number of nitrogens with zero attached hydrogens (tertiary/aromatic N) is 2. The number of fused-ring (bicyclic) bond motifs is 1. The second-order valence-corrected chi connectivity index (χ2v) is 5.12. The van der Waals surface area contributed by atoms with Crippen LogP contribution in [0.2, 0.25) is 0 Å². The summed E-state index contributed by atoms with van der Waals surface area (Å²) in [7, 11) is 0. The third-order valence-corrected chi connectivity index (χ3v) is 3.71. The van der Waals surface area contributed by atoms with Gasteiger partial charge in [0.2, 0.25) is 0 Å². The molecular formula is C13H16N4O2. The zero-order valence-corrected chi connectivity index (χ0v) is 10.7. The first kappa shape index (κ1) is 12.0. The van der Waals surface area contributed by atoms with Gasteiger partial charge in [-0.2, -0.15) is 5.10 Å². The number of benzene rings is 1. The Labute approximate surface area is 110 Å². The average Bonchev–Trinajstić information content (AvgIpc) is 2.77. The molecule has 0 aliphatic carbocycles. The van der Waals surface area contributed by atoms with E-state index in [1.165, 1.54) is 0 Å². The minimum absolute atomic E-state index is 0.171. The van der Waals surface area contributed by atoms with Crippen LogP contribution in [-0.2, 0) is 0 Å². The Kier molecular flexibility index (Phi) is 2.50. The van der Waals surface area contributed by atoms with Crippen LogP contribution in [0.5, 0.6) is 0 Å². The van der Waals surface area contributed by atoms with Crippen molar-refractivity contribution < 1.29 is 9.90 Å². The molecule has 0 bridgehead atoms. The molecular weight excluding hydrogens is 244 g/mol. The zero-order chi connectivity index (χ0) is 13.6. The predicted octanol–water partition coefficient (Wildman–Crippen LogP) is 0.742. The number of β-amino-alcohol motifs (C(OH)–C–C–N with tert-alkyl or cyclic N) is 1. The number of amides is 1. The zero-order valence-electron chi connectivity index (χ0n) is 10.7. The van der Waals surface area contributed by atoms with E-state index in [0.29, 0.717) is 30.9 Å². The number of aromatic nitrogens is 2. The number of carbonyl (C=O) groups excluding carboxylic acids is 1. The van der Waals surface area contributed by atoms with E-state index in [9.17, 15) is 9.90 Å². The number of aliphatic hydroxyl groups is 1. The summed E-state index contributed by atoms with van der Waals surface area (Å²) >= 11 is 0. The monoisotopic (exact) mass is 260 g/mol. The lowest BCUT2D eigenvalue weighted by Gasteiger charge is -2.45. The van der Waals surface area contributed by atoms with Gasteiger partial charge in [-0.1, -0.05) is 6.92 Å². The lowest BCUT2D eigenvalue weighted by Crippen LogP contribution is -2.63. The molecule has 6 nitrogen and oxygen atoms in total. The summed E-state index contributed by atoms with van der Waals surface area (Å²) in [6.45, 7) is 2.63. The molecule has 1 amide bonds. The molecule has 100 valence electrons. The van der Waals surface area contributed by atoms with Gasteiger partial charge in [0.15, 0.2) is 5.69 Å². The van der Waals surface area contributed by atoms with E-state index < -0.39 is 5.60 Å². The molecule has 1 saturated heterocycles. The Morgan fingerprint density at radius 3 is 3.00 bits per heavy atom. The van der Waals surface area contributed by atoms with E-state index in [2.05, 4.69) is 10.2 Å². The molecule has 1 aliphatic heterocycles. The summed E-state index contributed by atoms with van der Waals surface area (Å²) in [4.78, 5) is 13.9. The van der Waals surface area contributed by atoms with Crippen LogP contribution < -0.4 is 5.73 Å². The molecule has 0 radical (unpaired) electrons. The fraction of sp³-hybridized carbons (Fsp3) is 0.385. The summed E-state index contributed by atoms with van der Waals surface area (Å²) in [5, 5.41) is 17.5. The van der Waals surface area contributed by atoms with Crippen LogP contribution in [0.15, 0.2) is 18.2 Å². The Morgan fingerprint density at radius 2 is 2.32 bits per heavy atom. The quantitative estimate of drug-likeness (QED) is 0.694. The fourth-order valence-electron chi connectivity index (χ4n) is 2.38. The smallest absolute Gasteiger partial charge is 0.275 e. The molecule has 1 fully saturated rings. The molecule has 0 spiro atoms. The summed E-state index contributed by atoms with van der Waals surface area (Å²) in [5.74, 6) is -0.171. The normalized spacial score (nSPS) is 17.5. The summed E-state index contributed by atoms with van der Waals surface area (Å²) in [6, 6.07) is 5.29. The standard InChI is InChI=1S/C13H16N4O2/c1-2-13(19)6-17(7-13)12(18)11-9-5-8(14)3-4-10(9)15-16-11/h3-5,19H,2,6-7,14H2,1H3,(H,15,16). The number of nitrogen functional groups attached to an aromatic ring is 1. The van der Waals surface area contributed by atoms with E-state index in [4.69, 9.17) is 5.73 Å². The summed E-state index contributed by atoms with van der Waals surface area (Å²) in [5.41, 5.74) is 6.73. The van der Waals surface area contributed by atoms with Crippen molar-refractivity contribution in [1.29, 1.82) is 0 Å². The van der Waals surface area contributed by atoms with Crippen molar-refractivity contribution in [2.24, 2.45) is 0 Å². The average molecular weight is 260 g/mol. The van der Waals surface area contributed by atoms with E-state index in [-0.39, 0.29) is 5.91 Å². The molecule has 1 aromatic heterocycles. The highest BCUT2D eigenvalue weighted by Crippen LogP contribution is 2.27. The maximum Gasteiger partial charge on any atom is 0.275 e. The van der Waals surface area contributed by atoms with E-state index in [1.807, 2.05) is 6.92 Å². The fourth-order valence-corrected chi connectivity index (χ4v) is 2.38. The molecule has 2 heterocycles. The van der Waals surface area contributed by atoms with Gasteiger partial charge in [-0.05, 0) is 24.6 Å². The molecule has 3 rings (SSSR count). The number of hydrogen-bond donors (Lipinski definition) is 3. The minimum atomic E-state index is -0.735. The van der Waals surface area contributed by atoms with Crippen molar-refractivity contribution in [2.45, 2.75) is 18.9 Å². The van der Waals surface area contributed by atoms with Gasteiger partial charge in [-0.3, -0.25) is 9.89 Å². The van der Waals surface area contributed by atoms with Crippen molar-refractivity contribution in [1.82, 2.24) is 15.1 Å². The Balaban J connectivity index is 1.89. The molecule has 1 aliphatic rings. The minimum Gasteiger partial charge on any atom is -0.399 e. The first-order valence-electron chi connectivity index (χ1n) is 6.28. The number of hydrogen-bond acceptors (Lipinski definition) is 4. The first-order valence-corrected chi connectivity index (χ1v) is 6.28. The number of nitrogens with two attached hydrogens (primary N) is 1. The third-order valence-electron chi connectivity index (χ3n) is 3.71. The summed E-state index contributed by atoms with van der Waals surface area (Å²) in [6.07, 6.45) is 0.644. The van der Waals surface area contributed by atoms with E-state index in [0.717, 1.165) is 10.9 Å². The highest BCUT2D eigenvalue weighted by Gasteiger charge is 2.43.